The summed E-state index contributed by atoms with van der Waals surface area (Å²) >= 11 is 0. The van der Waals surface area contributed by atoms with Crippen LogP contribution in [0.25, 0.3) is 11.6 Å². The number of rotatable bonds is 5. The molecule has 2 aromatic heterocycles. The van der Waals surface area contributed by atoms with Crippen molar-refractivity contribution in [2.45, 2.75) is 45.8 Å². The molecule has 0 radical (unpaired) electrons. The molecule has 2 heterocycles. The first kappa shape index (κ1) is 12.8. The van der Waals surface area contributed by atoms with Gasteiger partial charge in [-0.15, -0.1) is 0 Å². The van der Waals surface area contributed by atoms with Gasteiger partial charge in [0.1, 0.15) is 6.33 Å². The molecule has 0 aliphatic carbocycles. The third-order valence-electron chi connectivity index (χ3n) is 2.81. The minimum atomic E-state index is -0.432. The van der Waals surface area contributed by atoms with Gasteiger partial charge in [0.2, 0.25) is 5.76 Å². The molecular formula is C12H18N4O2. The predicted octanol–water partition coefficient (Wildman–Crippen LogP) is 1.83. The fourth-order valence-electron chi connectivity index (χ4n) is 1.58. The Morgan fingerprint density at radius 3 is 2.83 bits per heavy atom. The molecule has 0 bridgehead atoms. The molecular weight excluding hydrogens is 232 g/mol. The Bertz CT molecular complexity index is 504. The number of aliphatic hydroxyl groups excluding tert-OH is 1. The molecule has 0 fully saturated rings. The van der Waals surface area contributed by atoms with E-state index in [1.165, 1.54) is 6.33 Å². The molecule has 1 N–H and O–H groups in total. The summed E-state index contributed by atoms with van der Waals surface area (Å²) in [6.45, 7) is 6.43. The third-order valence-corrected chi connectivity index (χ3v) is 2.81. The molecule has 6 nitrogen and oxygen atoms in total. The largest absolute Gasteiger partial charge is 0.391 e. The van der Waals surface area contributed by atoms with Gasteiger partial charge in [-0.3, -0.25) is 0 Å². The van der Waals surface area contributed by atoms with Crippen molar-refractivity contribution in [2.75, 3.05) is 0 Å². The molecule has 0 aliphatic rings. The van der Waals surface area contributed by atoms with E-state index in [1.54, 1.807) is 4.68 Å². The molecule has 0 spiro atoms. The van der Waals surface area contributed by atoms with Gasteiger partial charge in [-0.25, -0.2) is 9.67 Å². The van der Waals surface area contributed by atoms with Crippen molar-refractivity contribution in [1.82, 2.24) is 19.9 Å². The van der Waals surface area contributed by atoms with E-state index in [0.29, 0.717) is 30.5 Å². The predicted molar refractivity (Wildman–Crippen MR) is 65.9 cm³/mol. The molecule has 0 unspecified atom stereocenters. The van der Waals surface area contributed by atoms with Crippen LogP contribution in [0.2, 0.25) is 0 Å². The second-order valence-electron chi connectivity index (χ2n) is 4.60. The summed E-state index contributed by atoms with van der Waals surface area (Å²) in [7, 11) is 0. The van der Waals surface area contributed by atoms with Gasteiger partial charge in [0.05, 0.1) is 18.3 Å². The first-order valence-electron chi connectivity index (χ1n) is 6.14. The number of hydrogen-bond acceptors (Lipinski definition) is 5. The zero-order valence-corrected chi connectivity index (χ0v) is 10.9. The molecule has 1 atom stereocenters. The molecule has 0 saturated carbocycles. The van der Waals surface area contributed by atoms with E-state index in [9.17, 15) is 5.11 Å². The molecule has 0 aliphatic heterocycles. The Morgan fingerprint density at radius 1 is 1.44 bits per heavy atom. The highest BCUT2D eigenvalue weighted by Gasteiger charge is 2.16. The SMILES string of the molecule is CC[C@H](O)Cn1ncnc1-c1cc(C(C)C)no1. The second-order valence-corrected chi connectivity index (χ2v) is 4.60. The average Bonchev–Trinajstić information content (AvgIpc) is 2.96. The minimum Gasteiger partial charge on any atom is -0.391 e. The van der Waals surface area contributed by atoms with Crippen molar-refractivity contribution in [3.05, 3.63) is 18.1 Å². The topological polar surface area (TPSA) is 77.0 Å². The van der Waals surface area contributed by atoms with E-state index in [1.807, 2.05) is 26.8 Å². The van der Waals surface area contributed by atoms with Crippen LogP contribution in [0.5, 0.6) is 0 Å². The smallest absolute Gasteiger partial charge is 0.204 e. The van der Waals surface area contributed by atoms with Crippen LogP contribution in [0.1, 0.15) is 38.8 Å². The fourth-order valence-corrected chi connectivity index (χ4v) is 1.58. The standard InChI is InChI=1S/C12H18N4O2/c1-4-9(17)6-16-12(13-7-14-16)11-5-10(8(2)3)15-18-11/h5,7-9,17H,4,6H2,1-3H3/t9-/m0/s1. The van der Waals surface area contributed by atoms with Gasteiger partial charge in [-0.05, 0) is 12.3 Å². The Morgan fingerprint density at radius 2 is 2.22 bits per heavy atom. The summed E-state index contributed by atoms with van der Waals surface area (Å²) in [6.07, 6.45) is 1.69. The number of aromatic nitrogens is 4. The summed E-state index contributed by atoms with van der Waals surface area (Å²) in [4.78, 5) is 4.15. The second kappa shape index (κ2) is 5.30. The van der Waals surface area contributed by atoms with Gasteiger partial charge in [-0.2, -0.15) is 5.10 Å². The molecule has 0 aromatic carbocycles. The van der Waals surface area contributed by atoms with Gasteiger partial charge < -0.3 is 9.63 Å². The molecule has 98 valence electrons. The first-order valence-corrected chi connectivity index (χ1v) is 6.14. The van der Waals surface area contributed by atoms with E-state index < -0.39 is 6.10 Å². The van der Waals surface area contributed by atoms with E-state index in [0.717, 1.165) is 5.69 Å². The van der Waals surface area contributed by atoms with Crippen LogP contribution in [0.4, 0.5) is 0 Å². The molecule has 6 heteroatoms. The lowest BCUT2D eigenvalue weighted by Crippen LogP contribution is -2.16. The van der Waals surface area contributed by atoms with Gasteiger partial charge in [-0.1, -0.05) is 25.9 Å². The maximum absolute atomic E-state index is 9.66. The Labute approximate surface area is 106 Å². The van der Waals surface area contributed by atoms with Gasteiger partial charge in [0.25, 0.3) is 0 Å². The van der Waals surface area contributed by atoms with E-state index in [-0.39, 0.29) is 0 Å². The normalized spacial score (nSPS) is 13.2. The van der Waals surface area contributed by atoms with Crippen LogP contribution < -0.4 is 0 Å². The summed E-state index contributed by atoms with van der Waals surface area (Å²) in [5.41, 5.74) is 0.885. The van der Waals surface area contributed by atoms with Crippen molar-refractivity contribution in [1.29, 1.82) is 0 Å². The van der Waals surface area contributed by atoms with E-state index in [4.69, 9.17) is 4.52 Å². The number of nitrogens with zero attached hydrogens (tertiary/aromatic N) is 4. The lowest BCUT2D eigenvalue weighted by molar-refractivity contribution is 0.145. The van der Waals surface area contributed by atoms with Crippen LogP contribution in [-0.2, 0) is 6.54 Å². The summed E-state index contributed by atoms with van der Waals surface area (Å²) in [5.74, 6) is 1.49. The lowest BCUT2D eigenvalue weighted by atomic mass is 10.1. The summed E-state index contributed by atoms with van der Waals surface area (Å²) < 4.78 is 6.91. The highest BCUT2D eigenvalue weighted by molar-refractivity contribution is 5.46. The zero-order valence-electron chi connectivity index (χ0n) is 10.9. The van der Waals surface area contributed by atoms with Crippen LogP contribution in [0.3, 0.4) is 0 Å². The quantitative estimate of drug-likeness (QED) is 0.876. The maximum atomic E-state index is 9.66. The van der Waals surface area contributed by atoms with Crippen molar-refractivity contribution >= 4 is 0 Å². The summed E-state index contributed by atoms with van der Waals surface area (Å²) in [6, 6.07) is 1.86. The van der Waals surface area contributed by atoms with Crippen molar-refractivity contribution in [3.8, 4) is 11.6 Å². The third kappa shape index (κ3) is 2.59. The van der Waals surface area contributed by atoms with Crippen LogP contribution >= 0.6 is 0 Å². The Balaban J connectivity index is 2.24. The number of hydrogen-bond donors (Lipinski definition) is 1. The van der Waals surface area contributed by atoms with E-state index >= 15 is 0 Å². The van der Waals surface area contributed by atoms with E-state index in [2.05, 4.69) is 15.2 Å². The minimum absolute atomic E-state index is 0.306. The average molecular weight is 250 g/mol. The highest BCUT2D eigenvalue weighted by atomic mass is 16.5. The van der Waals surface area contributed by atoms with Crippen LogP contribution in [0.15, 0.2) is 16.9 Å². The molecule has 0 saturated heterocycles. The molecule has 2 rings (SSSR count). The Hall–Kier alpha value is -1.69. The summed E-state index contributed by atoms with van der Waals surface area (Å²) in [5, 5.41) is 17.7. The zero-order chi connectivity index (χ0) is 13.1. The number of aliphatic hydroxyl groups is 1. The van der Waals surface area contributed by atoms with Crippen molar-refractivity contribution in [2.24, 2.45) is 0 Å². The molecule has 18 heavy (non-hydrogen) atoms. The molecule has 0 amide bonds. The first-order chi connectivity index (χ1) is 8.61. The van der Waals surface area contributed by atoms with Crippen molar-refractivity contribution in [3.63, 3.8) is 0 Å². The molecule has 2 aromatic rings. The van der Waals surface area contributed by atoms with Crippen LogP contribution in [0, 0.1) is 0 Å². The maximum Gasteiger partial charge on any atom is 0.204 e. The fraction of sp³-hybridized carbons (Fsp3) is 0.583. The van der Waals surface area contributed by atoms with Gasteiger partial charge >= 0.3 is 0 Å². The van der Waals surface area contributed by atoms with Gasteiger partial charge in [0.15, 0.2) is 5.82 Å². The Kier molecular flexibility index (Phi) is 3.76. The van der Waals surface area contributed by atoms with Crippen molar-refractivity contribution < 1.29 is 9.63 Å². The lowest BCUT2D eigenvalue weighted by Gasteiger charge is -2.08. The van der Waals surface area contributed by atoms with Crippen LogP contribution in [-0.4, -0.2) is 31.1 Å². The highest BCUT2D eigenvalue weighted by Crippen LogP contribution is 2.22. The van der Waals surface area contributed by atoms with Gasteiger partial charge in [0, 0.05) is 6.07 Å². The monoisotopic (exact) mass is 250 g/mol.